The Kier molecular flexibility index (Phi) is 3.53. The minimum absolute atomic E-state index is 0.292. The molecule has 0 aliphatic heterocycles. The summed E-state index contributed by atoms with van der Waals surface area (Å²) in [6.45, 7) is 4.05. The molecule has 0 spiro atoms. The van der Waals surface area contributed by atoms with Gasteiger partial charge in [0.2, 0.25) is 0 Å². The van der Waals surface area contributed by atoms with E-state index in [2.05, 4.69) is 6.92 Å². The van der Waals surface area contributed by atoms with Crippen LogP contribution in [0.1, 0.15) is 31.1 Å². The third-order valence-electron chi connectivity index (χ3n) is 2.93. The fraction of sp³-hybridized carbons (Fsp3) is 0.357. The van der Waals surface area contributed by atoms with Crippen LogP contribution in [0.3, 0.4) is 0 Å². The van der Waals surface area contributed by atoms with E-state index in [1.54, 1.807) is 6.07 Å². The first-order valence-electron chi connectivity index (χ1n) is 5.86. The number of unbranched alkanes of at least 4 members (excludes halogenated alkanes) is 1. The maximum atomic E-state index is 11.8. The van der Waals surface area contributed by atoms with Gasteiger partial charge in [0.15, 0.2) is 0 Å². The molecule has 3 heteroatoms. The van der Waals surface area contributed by atoms with Crippen molar-refractivity contribution in [2.45, 2.75) is 33.1 Å². The molecule has 1 aromatic carbocycles. The zero-order valence-corrected chi connectivity index (χ0v) is 10.8. The summed E-state index contributed by atoms with van der Waals surface area (Å²) in [5, 5.41) is 1.98. The molecule has 2 aromatic rings. The molecule has 0 aliphatic rings. The van der Waals surface area contributed by atoms with Gasteiger partial charge in [-0.25, -0.2) is 4.79 Å². The Hall–Kier alpha value is -1.28. The summed E-state index contributed by atoms with van der Waals surface area (Å²) in [6.07, 6.45) is 2.74. The normalized spacial score (nSPS) is 11.0. The van der Waals surface area contributed by atoms with E-state index in [-0.39, 0.29) is 5.63 Å². The molecular weight excluding hydrogens is 236 g/mol. The fourth-order valence-electron chi connectivity index (χ4n) is 1.98. The predicted octanol–water partition coefficient (Wildman–Crippen LogP) is 4.10. The van der Waals surface area contributed by atoms with Crippen LogP contribution >= 0.6 is 11.6 Å². The van der Waals surface area contributed by atoms with Crippen molar-refractivity contribution in [1.29, 1.82) is 0 Å². The molecule has 0 bridgehead atoms. The van der Waals surface area contributed by atoms with E-state index in [0.717, 1.165) is 30.2 Å². The highest BCUT2D eigenvalue weighted by Gasteiger charge is 2.13. The van der Waals surface area contributed by atoms with Crippen molar-refractivity contribution in [2.24, 2.45) is 0 Å². The van der Waals surface area contributed by atoms with Gasteiger partial charge in [0, 0.05) is 11.8 Å². The van der Waals surface area contributed by atoms with Crippen LogP contribution in [0.4, 0.5) is 0 Å². The van der Waals surface area contributed by atoms with E-state index in [1.165, 1.54) is 0 Å². The minimum atomic E-state index is -0.292. The van der Waals surface area contributed by atoms with E-state index in [1.807, 2.05) is 19.1 Å². The largest absolute Gasteiger partial charge is 0.426 e. The Balaban J connectivity index is 2.70. The number of hydrogen-bond donors (Lipinski definition) is 0. The van der Waals surface area contributed by atoms with Crippen molar-refractivity contribution in [2.75, 3.05) is 0 Å². The number of rotatable bonds is 3. The molecule has 0 radical (unpaired) electrons. The number of aryl methyl sites for hydroxylation is 2. The van der Waals surface area contributed by atoms with E-state index in [4.69, 9.17) is 16.0 Å². The summed E-state index contributed by atoms with van der Waals surface area (Å²) in [6, 6.07) is 5.55. The topological polar surface area (TPSA) is 30.2 Å². The fourth-order valence-corrected chi connectivity index (χ4v) is 2.36. The Morgan fingerprint density at radius 2 is 2.12 bits per heavy atom. The lowest BCUT2D eigenvalue weighted by Crippen LogP contribution is -2.04. The van der Waals surface area contributed by atoms with Crippen LogP contribution in [0.5, 0.6) is 0 Å². The first-order valence-corrected chi connectivity index (χ1v) is 6.23. The van der Waals surface area contributed by atoms with E-state index in [0.29, 0.717) is 16.2 Å². The van der Waals surface area contributed by atoms with Gasteiger partial charge in [0.05, 0.1) is 10.4 Å². The standard InChI is InChI=1S/C14H15ClO2/c1-3-4-8-11-13(15)12-9(2)6-5-7-10(12)14(16)17-11/h5-7H,3-4,8H2,1-2H3. The smallest absolute Gasteiger partial charge is 0.343 e. The average molecular weight is 251 g/mol. The average Bonchev–Trinajstić information content (AvgIpc) is 2.32. The summed E-state index contributed by atoms with van der Waals surface area (Å²) < 4.78 is 5.29. The third kappa shape index (κ3) is 2.22. The lowest BCUT2D eigenvalue weighted by Gasteiger charge is -2.07. The number of fused-ring (bicyclic) bond motifs is 1. The molecule has 0 amide bonds. The highest BCUT2D eigenvalue weighted by molar-refractivity contribution is 6.36. The molecule has 2 rings (SSSR count). The van der Waals surface area contributed by atoms with E-state index < -0.39 is 0 Å². The summed E-state index contributed by atoms with van der Waals surface area (Å²) in [5.74, 6) is 0.611. The Bertz CT molecular complexity index is 599. The lowest BCUT2D eigenvalue weighted by molar-refractivity contribution is 0.460. The molecule has 0 fully saturated rings. The zero-order valence-electron chi connectivity index (χ0n) is 10.0. The summed E-state index contributed by atoms with van der Waals surface area (Å²) >= 11 is 6.32. The summed E-state index contributed by atoms with van der Waals surface area (Å²) in [7, 11) is 0. The molecule has 17 heavy (non-hydrogen) atoms. The molecule has 0 unspecified atom stereocenters. The predicted molar refractivity (Wildman–Crippen MR) is 70.8 cm³/mol. The number of hydrogen-bond acceptors (Lipinski definition) is 2. The first-order chi connectivity index (χ1) is 8.15. The highest BCUT2D eigenvalue weighted by atomic mass is 35.5. The summed E-state index contributed by atoms with van der Waals surface area (Å²) in [5.41, 5.74) is 0.720. The Morgan fingerprint density at radius 3 is 2.82 bits per heavy atom. The van der Waals surface area contributed by atoms with Crippen LogP contribution in [0.25, 0.3) is 10.8 Å². The molecule has 0 aliphatic carbocycles. The van der Waals surface area contributed by atoms with Crippen molar-refractivity contribution in [3.8, 4) is 0 Å². The van der Waals surface area contributed by atoms with Gasteiger partial charge in [-0.15, -0.1) is 0 Å². The van der Waals surface area contributed by atoms with Gasteiger partial charge < -0.3 is 4.42 Å². The van der Waals surface area contributed by atoms with Crippen molar-refractivity contribution in [3.05, 3.63) is 45.0 Å². The maximum absolute atomic E-state index is 11.8. The molecule has 1 heterocycles. The van der Waals surface area contributed by atoms with Crippen LogP contribution in [-0.4, -0.2) is 0 Å². The zero-order chi connectivity index (χ0) is 12.4. The van der Waals surface area contributed by atoms with Gasteiger partial charge in [-0.3, -0.25) is 0 Å². The Morgan fingerprint density at radius 1 is 1.35 bits per heavy atom. The van der Waals surface area contributed by atoms with Crippen LogP contribution in [0.2, 0.25) is 5.02 Å². The molecule has 1 aromatic heterocycles. The third-order valence-corrected chi connectivity index (χ3v) is 3.33. The number of benzene rings is 1. The second kappa shape index (κ2) is 4.92. The van der Waals surface area contributed by atoms with Crippen LogP contribution in [0.15, 0.2) is 27.4 Å². The number of halogens is 1. The molecule has 0 saturated carbocycles. The monoisotopic (exact) mass is 250 g/mol. The molecule has 0 N–H and O–H groups in total. The first kappa shape index (κ1) is 12.2. The molecular formula is C14H15ClO2. The van der Waals surface area contributed by atoms with E-state index >= 15 is 0 Å². The van der Waals surface area contributed by atoms with Crippen molar-refractivity contribution >= 4 is 22.4 Å². The van der Waals surface area contributed by atoms with Crippen molar-refractivity contribution in [1.82, 2.24) is 0 Å². The van der Waals surface area contributed by atoms with Gasteiger partial charge >= 0.3 is 5.63 Å². The summed E-state index contributed by atoms with van der Waals surface area (Å²) in [4.78, 5) is 11.8. The van der Waals surface area contributed by atoms with Crippen molar-refractivity contribution < 1.29 is 4.42 Å². The van der Waals surface area contributed by atoms with Gasteiger partial charge in [-0.2, -0.15) is 0 Å². The van der Waals surface area contributed by atoms with Gasteiger partial charge in [-0.1, -0.05) is 37.1 Å². The minimum Gasteiger partial charge on any atom is -0.426 e. The molecule has 0 atom stereocenters. The molecule has 0 saturated heterocycles. The second-order valence-corrected chi connectivity index (χ2v) is 4.61. The van der Waals surface area contributed by atoms with Gasteiger partial charge in [-0.05, 0) is 25.0 Å². The maximum Gasteiger partial charge on any atom is 0.343 e. The Labute approximate surface area is 105 Å². The van der Waals surface area contributed by atoms with Gasteiger partial charge in [0.1, 0.15) is 5.76 Å². The van der Waals surface area contributed by atoms with Crippen LogP contribution < -0.4 is 5.63 Å². The second-order valence-electron chi connectivity index (χ2n) is 4.23. The SMILES string of the molecule is CCCCc1oc(=O)c2cccc(C)c2c1Cl. The molecule has 90 valence electrons. The lowest BCUT2D eigenvalue weighted by atomic mass is 10.1. The van der Waals surface area contributed by atoms with Crippen molar-refractivity contribution in [3.63, 3.8) is 0 Å². The highest BCUT2D eigenvalue weighted by Crippen LogP contribution is 2.28. The molecule has 2 nitrogen and oxygen atoms in total. The van der Waals surface area contributed by atoms with Crippen LogP contribution in [0, 0.1) is 6.92 Å². The quantitative estimate of drug-likeness (QED) is 0.821. The van der Waals surface area contributed by atoms with E-state index in [9.17, 15) is 4.79 Å². The van der Waals surface area contributed by atoms with Gasteiger partial charge in [0.25, 0.3) is 0 Å². The van der Waals surface area contributed by atoms with Crippen LogP contribution in [-0.2, 0) is 6.42 Å².